The molecule has 0 saturated carbocycles. The number of carbonyl (C=O) groups excluding carboxylic acids is 1. The van der Waals surface area contributed by atoms with Crippen LogP contribution in [0.3, 0.4) is 0 Å². The second kappa shape index (κ2) is 27.1. The number of nitrogens with two attached hydrogens (primary N) is 1. The average Bonchev–Trinajstić information content (AvgIpc) is 2.87. The minimum Gasteiger partial charge on any atom is -0.392 e. The zero-order chi connectivity index (χ0) is 27.6. The van der Waals surface area contributed by atoms with E-state index < -0.39 is 30.1 Å². The molecule has 5 heteroatoms. The van der Waals surface area contributed by atoms with E-state index >= 15 is 0 Å². The summed E-state index contributed by atoms with van der Waals surface area (Å²) in [6.07, 6.45) is 25.4. The van der Waals surface area contributed by atoms with Crippen molar-refractivity contribution in [2.45, 2.75) is 193 Å². The average molecular weight is 528 g/mol. The number of unbranched alkanes of at least 4 members (excludes halogenated alkanes) is 21. The summed E-state index contributed by atoms with van der Waals surface area (Å²) < 4.78 is 0. The number of Topliss-reactive ketones (excluding diaryl/α,β-unsaturated/α-hetero) is 1. The third-order valence-electron chi connectivity index (χ3n) is 7.87. The van der Waals surface area contributed by atoms with Crippen molar-refractivity contribution in [3.05, 3.63) is 0 Å². The minimum absolute atomic E-state index is 0.379. The number of aliphatic hydroxyl groups excluding tert-OH is 3. The molecule has 0 aromatic heterocycles. The van der Waals surface area contributed by atoms with Crippen LogP contribution in [0.2, 0.25) is 0 Å². The second-order valence-corrected chi connectivity index (χ2v) is 11.5. The van der Waals surface area contributed by atoms with Gasteiger partial charge in [-0.25, -0.2) is 0 Å². The number of hydrogen-bond acceptors (Lipinski definition) is 5. The number of hydrogen-bond donors (Lipinski definition) is 4. The van der Waals surface area contributed by atoms with Crippen LogP contribution in [0.5, 0.6) is 0 Å². The summed E-state index contributed by atoms with van der Waals surface area (Å²) in [4.78, 5) is 12.7. The molecule has 0 aliphatic heterocycles. The van der Waals surface area contributed by atoms with Gasteiger partial charge in [-0.1, -0.05) is 162 Å². The Labute approximate surface area is 230 Å². The molecule has 0 heterocycles. The Kier molecular flexibility index (Phi) is 26.7. The molecule has 0 radical (unpaired) electrons. The van der Waals surface area contributed by atoms with Crippen LogP contribution in [0.1, 0.15) is 174 Å². The van der Waals surface area contributed by atoms with E-state index in [9.17, 15) is 20.1 Å². The van der Waals surface area contributed by atoms with Crippen molar-refractivity contribution in [1.82, 2.24) is 0 Å². The van der Waals surface area contributed by atoms with E-state index in [4.69, 9.17) is 5.73 Å². The van der Waals surface area contributed by atoms with Gasteiger partial charge in [-0.05, 0) is 12.8 Å². The predicted octanol–water partition coefficient (Wildman–Crippen LogP) is 7.96. The molecule has 0 aromatic carbocycles. The Hall–Kier alpha value is -0.490. The van der Waals surface area contributed by atoms with E-state index in [1.165, 1.54) is 109 Å². The van der Waals surface area contributed by atoms with E-state index in [0.717, 1.165) is 38.5 Å². The fraction of sp³-hybridized carbons (Fsp3) is 0.969. The van der Waals surface area contributed by atoms with Gasteiger partial charge >= 0.3 is 0 Å². The van der Waals surface area contributed by atoms with Crippen LogP contribution in [0.4, 0.5) is 0 Å². The number of ketones is 1. The molecular formula is C32H65NO4. The highest BCUT2D eigenvalue weighted by Gasteiger charge is 2.34. The summed E-state index contributed by atoms with van der Waals surface area (Å²) in [6, 6.07) is 0. The molecule has 37 heavy (non-hydrogen) atoms. The van der Waals surface area contributed by atoms with Crippen molar-refractivity contribution in [3.63, 3.8) is 0 Å². The van der Waals surface area contributed by atoms with Gasteiger partial charge in [0.2, 0.25) is 0 Å². The number of carbonyl (C=O) groups is 1. The summed E-state index contributed by atoms with van der Waals surface area (Å²) in [5.41, 5.74) is 5.64. The zero-order valence-corrected chi connectivity index (χ0v) is 24.8. The van der Waals surface area contributed by atoms with Crippen LogP contribution in [-0.2, 0) is 4.79 Å². The van der Waals surface area contributed by atoms with Gasteiger partial charge in [0, 0.05) is 0 Å². The van der Waals surface area contributed by atoms with Gasteiger partial charge in [-0.3, -0.25) is 4.79 Å². The van der Waals surface area contributed by atoms with E-state index in [2.05, 4.69) is 13.8 Å². The molecular weight excluding hydrogens is 462 g/mol. The summed E-state index contributed by atoms with van der Waals surface area (Å²) in [5.74, 6) is -1.61. The quantitative estimate of drug-likeness (QED) is 0.0583. The maximum atomic E-state index is 12.7. The van der Waals surface area contributed by atoms with Gasteiger partial charge in [0.15, 0.2) is 5.78 Å². The van der Waals surface area contributed by atoms with Gasteiger partial charge in [-0.15, -0.1) is 0 Å². The van der Waals surface area contributed by atoms with Crippen LogP contribution in [-0.4, -0.2) is 39.5 Å². The highest BCUT2D eigenvalue weighted by Crippen LogP contribution is 2.20. The molecule has 0 bridgehead atoms. The molecule has 0 fully saturated rings. The van der Waals surface area contributed by atoms with Crippen molar-refractivity contribution in [3.8, 4) is 0 Å². The monoisotopic (exact) mass is 527 g/mol. The lowest BCUT2D eigenvalue weighted by Gasteiger charge is -2.26. The lowest BCUT2D eigenvalue weighted by atomic mass is 9.87. The summed E-state index contributed by atoms with van der Waals surface area (Å²) >= 11 is 0. The van der Waals surface area contributed by atoms with Crippen molar-refractivity contribution in [2.24, 2.45) is 11.7 Å². The third-order valence-corrected chi connectivity index (χ3v) is 7.87. The second-order valence-electron chi connectivity index (χ2n) is 11.5. The molecule has 0 rings (SSSR count). The molecule has 222 valence electrons. The molecule has 0 aliphatic carbocycles. The van der Waals surface area contributed by atoms with Crippen LogP contribution >= 0.6 is 0 Å². The third kappa shape index (κ3) is 22.1. The highest BCUT2D eigenvalue weighted by atomic mass is 16.3. The van der Waals surface area contributed by atoms with Crippen molar-refractivity contribution in [1.29, 1.82) is 0 Å². The Balaban J connectivity index is 3.88. The van der Waals surface area contributed by atoms with Crippen LogP contribution in [0.25, 0.3) is 0 Å². The highest BCUT2D eigenvalue weighted by molar-refractivity contribution is 5.86. The van der Waals surface area contributed by atoms with Crippen LogP contribution < -0.4 is 5.73 Å². The molecule has 5 nitrogen and oxygen atoms in total. The SMILES string of the molecule is CCCCCCCCCCCCCCCC(O)C(C(=O)C(O)CCCCCCCCCCCC)C(N)O. The number of aliphatic hydroxyl groups is 3. The smallest absolute Gasteiger partial charge is 0.170 e. The first-order valence-corrected chi connectivity index (χ1v) is 16.3. The Bertz CT molecular complexity index is 485. The van der Waals surface area contributed by atoms with E-state index in [1.807, 2.05) is 0 Å². The van der Waals surface area contributed by atoms with Gasteiger partial charge in [0.1, 0.15) is 12.3 Å². The fourth-order valence-corrected chi connectivity index (χ4v) is 5.33. The largest absolute Gasteiger partial charge is 0.392 e. The van der Waals surface area contributed by atoms with Gasteiger partial charge in [-0.2, -0.15) is 0 Å². The molecule has 4 atom stereocenters. The molecule has 5 N–H and O–H groups in total. The van der Waals surface area contributed by atoms with Gasteiger partial charge in [0.25, 0.3) is 0 Å². The maximum Gasteiger partial charge on any atom is 0.170 e. The summed E-state index contributed by atoms with van der Waals surface area (Å²) in [5, 5.41) is 30.9. The van der Waals surface area contributed by atoms with E-state index in [-0.39, 0.29) is 0 Å². The van der Waals surface area contributed by atoms with E-state index in [0.29, 0.717) is 12.8 Å². The number of rotatable bonds is 29. The lowest BCUT2D eigenvalue weighted by molar-refractivity contribution is -0.140. The van der Waals surface area contributed by atoms with E-state index in [1.54, 1.807) is 0 Å². The Morgan fingerprint density at radius 2 is 0.811 bits per heavy atom. The first kappa shape index (κ1) is 36.5. The first-order valence-electron chi connectivity index (χ1n) is 16.3. The molecule has 4 unspecified atom stereocenters. The summed E-state index contributed by atoms with van der Waals surface area (Å²) in [7, 11) is 0. The van der Waals surface area contributed by atoms with Crippen molar-refractivity contribution < 1.29 is 20.1 Å². The topological polar surface area (TPSA) is 104 Å². The van der Waals surface area contributed by atoms with Gasteiger partial charge in [0.05, 0.1) is 12.0 Å². The van der Waals surface area contributed by atoms with Crippen LogP contribution in [0.15, 0.2) is 0 Å². The van der Waals surface area contributed by atoms with Crippen LogP contribution in [0, 0.1) is 5.92 Å². The Morgan fingerprint density at radius 3 is 1.14 bits per heavy atom. The first-order chi connectivity index (χ1) is 18.0. The molecule has 0 aromatic rings. The van der Waals surface area contributed by atoms with Crippen molar-refractivity contribution >= 4 is 5.78 Å². The zero-order valence-electron chi connectivity index (χ0n) is 24.8. The molecule has 0 saturated heterocycles. The van der Waals surface area contributed by atoms with Gasteiger partial charge < -0.3 is 21.1 Å². The summed E-state index contributed by atoms with van der Waals surface area (Å²) in [6.45, 7) is 4.49. The predicted molar refractivity (Wildman–Crippen MR) is 157 cm³/mol. The van der Waals surface area contributed by atoms with Crippen molar-refractivity contribution in [2.75, 3.05) is 0 Å². The molecule has 0 aliphatic rings. The lowest BCUT2D eigenvalue weighted by Crippen LogP contribution is -2.47. The minimum atomic E-state index is -1.44. The molecule has 0 amide bonds. The Morgan fingerprint density at radius 1 is 0.514 bits per heavy atom. The molecule has 0 spiro atoms. The standard InChI is InChI=1S/C32H65NO4/c1-3-5-7-9-11-13-15-16-17-19-20-22-24-26-28(34)30(32(33)37)31(36)29(35)27-25-23-21-18-14-12-10-8-6-4-2/h28-30,32,34-35,37H,3-27,33H2,1-2H3. The fourth-order valence-electron chi connectivity index (χ4n) is 5.33. The normalized spacial score (nSPS) is 15.0. The maximum absolute atomic E-state index is 12.7.